The van der Waals surface area contributed by atoms with Crippen molar-refractivity contribution in [3.8, 4) is 5.75 Å². The van der Waals surface area contributed by atoms with Gasteiger partial charge in [-0.25, -0.2) is 0 Å². The number of hydrogen-bond acceptors (Lipinski definition) is 3. The molecule has 2 rings (SSSR count). The van der Waals surface area contributed by atoms with E-state index < -0.39 is 0 Å². The fourth-order valence-corrected chi connectivity index (χ4v) is 1.70. The summed E-state index contributed by atoms with van der Waals surface area (Å²) < 4.78 is 5.55. The minimum atomic E-state index is -0.0261. The van der Waals surface area contributed by atoms with Crippen LogP contribution in [0.4, 0.5) is 11.4 Å². The number of benzene rings is 1. The summed E-state index contributed by atoms with van der Waals surface area (Å²) in [5, 5.41) is 2.83. The van der Waals surface area contributed by atoms with Crippen LogP contribution in [0, 0.1) is 13.8 Å². The van der Waals surface area contributed by atoms with E-state index in [0.717, 1.165) is 22.6 Å². The van der Waals surface area contributed by atoms with Crippen molar-refractivity contribution in [1.29, 1.82) is 0 Å². The van der Waals surface area contributed by atoms with E-state index in [1.165, 1.54) is 0 Å². The molecule has 0 aromatic heterocycles. The number of nitrogens with one attached hydrogen (secondary N) is 1. The average Bonchev–Trinajstić information content (AvgIpc) is 2.37. The third-order valence-electron chi connectivity index (χ3n) is 2.61. The highest BCUT2D eigenvalue weighted by Crippen LogP contribution is 2.37. The molecule has 3 N–H and O–H groups in total. The molecule has 0 spiro atoms. The minimum absolute atomic E-state index is 0.0261. The lowest BCUT2D eigenvalue weighted by Gasteiger charge is -2.14. The van der Waals surface area contributed by atoms with Crippen molar-refractivity contribution in [2.45, 2.75) is 20.3 Å². The normalized spacial score (nSPS) is 14.9. The van der Waals surface area contributed by atoms with Gasteiger partial charge in [-0.05, 0) is 31.0 Å². The van der Waals surface area contributed by atoms with Gasteiger partial charge >= 0.3 is 0 Å². The van der Waals surface area contributed by atoms with Crippen LogP contribution in [0.5, 0.6) is 5.75 Å². The van der Waals surface area contributed by atoms with Gasteiger partial charge in [-0.3, -0.25) is 4.79 Å². The van der Waals surface area contributed by atoms with Gasteiger partial charge in [-0.15, -0.1) is 0 Å². The summed E-state index contributed by atoms with van der Waals surface area (Å²) in [6.07, 6.45) is 0.382. The van der Waals surface area contributed by atoms with E-state index in [-0.39, 0.29) is 5.91 Å². The van der Waals surface area contributed by atoms with E-state index in [2.05, 4.69) is 5.32 Å². The van der Waals surface area contributed by atoms with Gasteiger partial charge in [0.1, 0.15) is 5.75 Å². The number of nitrogen functional groups attached to an aromatic ring is 1. The zero-order valence-electron chi connectivity index (χ0n) is 8.89. The smallest absolute Gasteiger partial charge is 0.227 e. The van der Waals surface area contributed by atoms with E-state index in [4.69, 9.17) is 10.5 Å². The van der Waals surface area contributed by atoms with Crippen LogP contribution >= 0.6 is 0 Å². The van der Waals surface area contributed by atoms with Gasteiger partial charge in [0.2, 0.25) is 5.91 Å². The first-order valence-electron chi connectivity index (χ1n) is 4.92. The van der Waals surface area contributed by atoms with E-state index in [0.29, 0.717) is 18.7 Å². The van der Waals surface area contributed by atoms with Gasteiger partial charge in [-0.2, -0.15) is 0 Å². The summed E-state index contributed by atoms with van der Waals surface area (Å²) in [6.45, 7) is 4.22. The first kappa shape index (κ1) is 9.83. The van der Waals surface area contributed by atoms with Crippen molar-refractivity contribution in [3.63, 3.8) is 0 Å². The molecule has 15 heavy (non-hydrogen) atoms. The van der Waals surface area contributed by atoms with Crippen LogP contribution < -0.4 is 15.8 Å². The van der Waals surface area contributed by atoms with Gasteiger partial charge in [0.15, 0.2) is 0 Å². The Hall–Kier alpha value is -1.71. The molecule has 0 saturated carbocycles. The Morgan fingerprint density at radius 1 is 1.47 bits per heavy atom. The Morgan fingerprint density at radius 3 is 2.93 bits per heavy atom. The third-order valence-corrected chi connectivity index (χ3v) is 2.61. The summed E-state index contributed by atoms with van der Waals surface area (Å²) in [6, 6.07) is 1.87. The van der Waals surface area contributed by atoms with Crippen LogP contribution in [0.1, 0.15) is 17.5 Å². The molecule has 0 saturated heterocycles. The Morgan fingerprint density at radius 2 is 2.20 bits per heavy atom. The summed E-state index contributed by atoms with van der Waals surface area (Å²) in [5.74, 6) is 0.717. The molecule has 1 aromatic rings. The van der Waals surface area contributed by atoms with Crippen molar-refractivity contribution in [3.05, 3.63) is 17.2 Å². The van der Waals surface area contributed by atoms with Crippen LogP contribution in [0.15, 0.2) is 6.07 Å². The second-order valence-electron chi connectivity index (χ2n) is 3.76. The van der Waals surface area contributed by atoms with E-state index in [1.807, 2.05) is 19.9 Å². The molecule has 4 nitrogen and oxygen atoms in total. The number of anilines is 2. The lowest BCUT2D eigenvalue weighted by Crippen LogP contribution is -2.11. The highest BCUT2D eigenvalue weighted by molar-refractivity contribution is 5.95. The second-order valence-corrected chi connectivity index (χ2v) is 3.76. The molecular formula is C11H14N2O2. The molecule has 1 aliphatic heterocycles. The van der Waals surface area contributed by atoms with Gasteiger partial charge in [0.25, 0.3) is 0 Å². The SMILES string of the molecule is Cc1cc(N)c(C)c2c1OCCC(=O)N2. The summed E-state index contributed by atoms with van der Waals surface area (Å²) >= 11 is 0. The van der Waals surface area contributed by atoms with E-state index in [9.17, 15) is 4.79 Å². The van der Waals surface area contributed by atoms with Crippen molar-refractivity contribution < 1.29 is 9.53 Å². The number of carbonyl (C=O) groups excluding carboxylic acids is 1. The number of aryl methyl sites for hydroxylation is 1. The molecule has 0 aliphatic carbocycles. The summed E-state index contributed by atoms with van der Waals surface area (Å²) in [7, 11) is 0. The Bertz CT molecular complexity index is 427. The molecule has 4 heteroatoms. The van der Waals surface area contributed by atoms with Crippen molar-refractivity contribution in [1.82, 2.24) is 0 Å². The Kier molecular flexibility index (Phi) is 2.26. The van der Waals surface area contributed by atoms with Gasteiger partial charge in [0, 0.05) is 5.69 Å². The molecular weight excluding hydrogens is 192 g/mol. The van der Waals surface area contributed by atoms with Crippen molar-refractivity contribution in [2.24, 2.45) is 0 Å². The fourth-order valence-electron chi connectivity index (χ4n) is 1.70. The first-order chi connectivity index (χ1) is 7.09. The maximum Gasteiger partial charge on any atom is 0.227 e. The van der Waals surface area contributed by atoms with Crippen LogP contribution in [-0.4, -0.2) is 12.5 Å². The topological polar surface area (TPSA) is 64.3 Å². The number of nitrogens with two attached hydrogens (primary N) is 1. The largest absolute Gasteiger partial charge is 0.491 e. The monoisotopic (exact) mass is 206 g/mol. The van der Waals surface area contributed by atoms with Gasteiger partial charge in [0.05, 0.1) is 18.7 Å². The molecule has 0 atom stereocenters. The Labute approximate surface area is 88.4 Å². The van der Waals surface area contributed by atoms with Crippen LogP contribution in [-0.2, 0) is 4.79 Å². The fraction of sp³-hybridized carbons (Fsp3) is 0.364. The number of rotatable bonds is 0. The van der Waals surface area contributed by atoms with E-state index >= 15 is 0 Å². The molecule has 0 fully saturated rings. The molecule has 1 aromatic carbocycles. The standard InChI is InChI=1S/C11H14N2O2/c1-6-5-8(12)7(2)10-11(6)15-4-3-9(14)13-10/h5H,3-4,12H2,1-2H3,(H,13,14). The Balaban J connectivity index is 2.60. The maximum atomic E-state index is 11.4. The predicted molar refractivity (Wildman–Crippen MR) is 59.1 cm³/mol. The quantitative estimate of drug-likeness (QED) is 0.634. The molecule has 1 aliphatic rings. The van der Waals surface area contributed by atoms with Crippen LogP contribution in [0.3, 0.4) is 0 Å². The first-order valence-corrected chi connectivity index (χ1v) is 4.92. The van der Waals surface area contributed by atoms with E-state index in [1.54, 1.807) is 0 Å². The molecule has 0 unspecified atom stereocenters. The van der Waals surface area contributed by atoms with Gasteiger partial charge in [-0.1, -0.05) is 0 Å². The molecule has 0 radical (unpaired) electrons. The van der Waals surface area contributed by atoms with Crippen LogP contribution in [0.2, 0.25) is 0 Å². The lowest BCUT2D eigenvalue weighted by molar-refractivity contribution is -0.116. The zero-order chi connectivity index (χ0) is 11.0. The summed E-state index contributed by atoms with van der Waals surface area (Å²) in [5.41, 5.74) is 9.05. The van der Waals surface area contributed by atoms with Crippen molar-refractivity contribution in [2.75, 3.05) is 17.7 Å². The molecule has 80 valence electrons. The highest BCUT2D eigenvalue weighted by Gasteiger charge is 2.19. The predicted octanol–water partition coefficient (Wildman–Crippen LogP) is 1.61. The van der Waals surface area contributed by atoms with Crippen LogP contribution in [0.25, 0.3) is 0 Å². The highest BCUT2D eigenvalue weighted by atomic mass is 16.5. The minimum Gasteiger partial charge on any atom is -0.491 e. The molecule has 1 amide bonds. The number of carbonyl (C=O) groups is 1. The zero-order valence-corrected chi connectivity index (χ0v) is 8.89. The number of hydrogen-bond donors (Lipinski definition) is 2. The molecule has 1 heterocycles. The number of fused-ring (bicyclic) bond motifs is 1. The third kappa shape index (κ3) is 1.63. The number of ether oxygens (including phenoxy) is 1. The maximum absolute atomic E-state index is 11.4. The lowest BCUT2D eigenvalue weighted by atomic mass is 10.1. The van der Waals surface area contributed by atoms with Gasteiger partial charge < -0.3 is 15.8 Å². The summed E-state index contributed by atoms with van der Waals surface area (Å²) in [4.78, 5) is 11.4. The van der Waals surface area contributed by atoms with Crippen molar-refractivity contribution >= 4 is 17.3 Å². The molecule has 0 bridgehead atoms. The second kappa shape index (κ2) is 3.46. The number of amides is 1. The average molecular weight is 206 g/mol.